The van der Waals surface area contributed by atoms with Crippen molar-refractivity contribution in [2.75, 3.05) is 6.54 Å². The van der Waals surface area contributed by atoms with Gasteiger partial charge in [0.15, 0.2) is 0 Å². The Morgan fingerprint density at radius 1 is 1.53 bits per heavy atom. The highest BCUT2D eigenvalue weighted by atomic mass is 79.9. The predicted molar refractivity (Wildman–Crippen MR) is 76.5 cm³/mol. The van der Waals surface area contributed by atoms with E-state index in [1.165, 1.54) is 15.6 Å². The van der Waals surface area contributed by atoms with Crippen molar-refractivity contribution < 1.29 is 13.2 Å². The molecule has 0 amide bonds. The summed E-state index contributed by atoms with van der Waals surface area (Å²) >= 11 is 4.47. The summed E-state index contributed by atoms with van der Waals surface area (Å²) < 4.78 is 27.6. The minimum absolute atomic E-state index is 0.117. The Kier molecular flexibility index (Phi) is 4.58. The van der Waals surface area contributed by atoms with Crippen LogP contribution in [-0.2, 0) is 14.8 Å². The average Bonchev–Trinajstić information content (AvgIpc) is 2.77. The lowest BCUT2D eigenvalue weighted by molar-refractivity contribution is 0.248. The molecular formula is C11H13BrN2O3S2. The van der Waals surface area contributed by atoms with Crippen LogP contribution >= 0.6 is 27.3 Å². The van der Waals surface area contributed by atoms with Crippen LogP contribution in [0.5, 0.6) is 0 Å². The molecule has 1 saturated heterocycles. The van der Waals surface area contributed by atoms with Crippen molar-refractivity contribution in [1.29, 1.82) is 0 Å². The van der Waals surface area contributed by atoms with Crippen molar-refractivity contribution in [1.82, 2.24) is 4.31 Å². The van der Waals surface area contributed by atoms with Crippen molar-refractivity contribution >= 4 is 43.4 Å². The van der Waals surface area contributed by atoms with Crippen LogP contribution < -0.4 is 0 Å². The minimum Gasteiger partial charge on any atom is -0.211 e. The number of thiophene rings is 1. The Morgan fingerprint density at radius 2 is 2.26 bits per heavy atom. The molecule has 0 saturated carbocycles. The lowest BCUT2D eigenvalue weighted by atomic mass is 10.0. The molecule has 2 heterocycles. The summed E-state index contributed by atoms with van der Waals surface area (Å²) in [6.45, 7) is 2.22. The van der Waals surface area contributed by atoms with E-state index in [0.29, 0.717) is 23.6 Å². The first-order valence-corrected chi connectivity index (χ1v) is 8.84. The van der Waals surface area contributed by atoms with E-state index < -0.39 is 10.0 Å². The van der Waals surface area contributed by atoms with Crippen LogP contribution in [0, 0.1) is 0 Å². The topological polar surface area (TPSA) is 66.8 Å². The summed E-state index contributed by atoms with van der Waals surface area (Å²) in [5, 5.41) is 0. The van der Waals surface area contributed by atoms with E-state index in [4.69, 9.17) is 0 Å². The fourth-order valence-corrected chi connectivity index (χ4v) is 6.02. The molecule has 1 aliphatic heterocycles. The Hall–Kier alpha value is -0.530. The molecule has 19 heavy (non-hydrogen) atoms. The molecule has 0 N–H and O–H groups in total. The summed E-state index contributed by atoms with van der Waals surface area (Å²) in [6, 6.07) is 3.05. The van der Waals surface area contributed by atoms with Gasteiger partial charge >= 0.3 is 0 Å². The molecule has 0 radical (unpaired) electrons. The van der Waals surface area contributed by atoms with Crippen molar-refractivity contribution in [2.24, 2.45) is 4.99 Å². The second-order valence-corrected chi connectivity index (χ2v) is 9.00. The number of halogens is 1. The second-order valence-electron chi connectivity index (χ2n) is 4.42. The van der Waals surface area contributed by atoms with Gasteiger partial charge in [-0.3, -0.25) is 0 Å². The van der Waals surface area contributed by atoms with Gasteiger partial charge in [0.25, 0.3) is 10.0 Å². The maximum absolute atomic E-state index is 12.5. The quantitative estimate of drug-likeness (QED) is 0.610. The maximum atomic E-state index is 12.5. The molecule has 2 rings (SSSR count). The van der Waals surface area contributed by atoms with Gasteiger partial charge in [0, 0.05) is 12.6 Å². The smallest absolute Gasteiger partial charge is 0.211 e. The number of carbonyl (C=O) groups excluding carboxylic acids is 1. The van der Waals surface area contributed by atoms with Gasteiger partial charge in [-0.2, -0.15) is 4.31 Å². The molecule has 0 spiro atoms. The van der Waals surface area contributed by atoms with Crippen LogP contribution in [-0.4, -0.2) is 37.4 Å². The molecule has 5 nitrogen and oxygen atoms in total. The fraction of sp³-hybridized carbons (Fsp3) is 0.545. The van der Waals surface area contributed by atoms with Gasteiger partial charge in [-0.1, -0.05) is 0 Å². The molecule has 1 fully saturated rings. The molecule has 0 aliphatic carbocycles. The third kappa shape index (κ3) is 3.14. The Morgan fingerprint density at radius 3 is 2.79 bits per heavy atom. The number of piperidine rings is 1. The van der Waals surface area contributed by atoms with Gasteiger partial charge < -0.3 is 0 Å². The molecule has 2 atom stereocenters. The highest BCUT2D eigenvalue weighted by Gasteiger charge is 2.35. The minimum atomic E-state index is -3.45. The zero-order valence-corrected chi connectivity index (χ0v) is 13.5. The van der Waals surface area contributed by atoms with E-state index in [-0.39, 0.29) is 12.1 Å². The first kappa shape index (κ1) is 14.9. The molecule has 0 aromatic carbocycles. The molecular weight excluding hydrogens is 352 g/mol. The molecule has 104 valence electrons. The van der Waals surface area contributed by atoms with Gasteiger partial charge in [-0.05, 0) is 47.8 Å². The van der Waals surface area contributed by atoms with Crippen LogP contribution in [0.3, 0.4) is 0 Å². The first-order valence-electron chi connectivity index (χ1n) is 5.79. The zero-order chi connectivity index (χ0) is 14.0. The summed E-state index contributed by atoms with van der Waals surface area (Å²) in [7, 11) is -3.45. The van der Waals surface area contributed by atoms with Crippen molar-refractivity contribution in [3.8, 4) is 0 Å². The molecule has 2 unspecified atom stereocenters. The first-order chi connectivity index (χ1) is 8.95. The van der Waals surface area contributed by atoms with E-state index in [1.807, 2.05) is 6.92 Å². The lowest BCUT2D eigenvalue weighted by Gasteiger charge is -2.34. The predicted octanol–water partition coefficient (Wildman–Crippen LogP) is 2.39. The number of rotatable bonds is 3. The summed E-state index contributed by atoms with van der Waals surface area (Å²) in [5.41, 5.74) is 0. The average molecular weight is 365 g/mol. The van der Waals surface area contributed by atoms with Crippen LogP contribution in [0.25, 0.3) is 0 Å². The third-order valence-electron chi connectivity index (χ3n) is 3.13. The largest absolute Gasteiger partial charge is 0.252 e. The molecule has 1 aromatic rings. The number of nitrogens with zero attached hydrogens (tertiary/aromatic N) is 2. The number of isocyanates is 1. The highest BCUT2D eigenvalue weighted by Crippen LogP contribution is 2.32. The molecule has 1 aliphatic rings. The summed E-state index contributed by atoms with van der Waals surface area (Å²) in [5.74, 6) is 0. The Balaban J connectivity index is 2.21. The lowest BCUT2D eigenvalue weighted by Crippen LogP contribution is -2.45. The summed E-state index contributed by atoms with van der Waals surface area (Å²) in [6.07, 6.45) is 2.67. The normalized spacial score (nSPS) is 24.9. The molecule has 0 bridgehead atoms. The van der Waals surface area contributed by atoms with Crippen molar-refractivity contribution in [3.05, 3.63) is 15.9 Å². The second kappa shape index (κ2) is 5.85. The van der Waals surface area contributed by atoms with Crippen LogP contribution in [0.15, 0.2) is 25.1 Å². The van der Waals surface area contributed by atoms with E-state index in [2.05, 4.69) is 20.9 Å². The van der Waals surface area contributed by atoms with Gasteiger partial charge in [0.05, 0.1) is 9.83 Å². The van der Waals surface area contributed by atoms with Crippen molar-refractivity contribution in [3.63, 3.8) is 0 Å². The van der Waals surface area contributed by atoms with Gasteiger partial charge in [0.1, 0.15) is 4.21 Å². The number of aliphatic imine (C=N–C) groups is 1. The molecule has 8 heteroatoms. The highest BCUT2D eigenvalue weighted by molar-refractivity contribution is 9.11. The molecule has 1 aromatic heterocycles. The van der Waals surface area contributed by atoms with Crippen LogP contribution in [0.2, 0.25) is 0 Å². The SMILES string of the molecule is CC1CC(N=C=O)CCN1S(=O)(=O)c1ccc(Br)s1. The number of hydrogen-bond acceptors (Lipinski definition) is 5. The van der Waals surface area contributed by atoms with Crippen LogP contribution in [0.4, 0.5) is 0 Å². The summed E-state index contributed by atoms with van der Waals surface area (Å²) in [4.78, 5) is 14.0. The zero-order valence-electron chi connectivity index (χ0n) is 10.2. The van der Waals surface area contributed by atoms with E-state index in [1.54, 1.807) is 18.2 Å². The Labute approximate surface area is 124 Å². The maximum Gasteiger partial charge on any atom is 0.252 e. The fourth-order valence-electron chi connectivity index (χ4n) is 2.23. The van der Waals surface area contributed by atoms with Gasteiger partial charge in [-0.15, -0.1) is 11.3 Å². The van der Waals surface area contributed by atoms with E-state index in [9.17, 15) is 13.2 Å². The standard InChI is InChI=1S/C11H13BrN2O3S2/c1-8-6-9(13-7-15)4-5-14(8)19(16,17)11-3-2-10(12)18-11/h2-3,8-9H,4-6H2,1H3. The third-order valence-corrected chi connectivity index (χ3v) is 7.24. The number of hydrogen-bond donors (Lipinski definition) is 0. The van der Waals surface area contributed by atoms with Crippen molar-refractivity contribution in [2.45, 2.75) is 36.1 Å². The van der Waals surface area contributed by atoms with Crippen LogP contribution in [0.1, 0.15) is 19.8 Å². The van der Waals surface area contributed by atoms with E-state index in [0.717, 1.165) is 3.79 Å². The van der Waals surface area contributed by atoms with Gasteiger partial charge in [-0.25, -0.2) is 18.2 Å². The van der Waals surface area contributed by atoms with E-state index >= 15 is 0 Å². The number of sulfonamides is 1. The monoisotopic (exact) mass is 364 g/mol. The van der Waals surface area contributed by atoms with Gasteiger partial charge in [0.2, 0.25) is 6.08 Å². The Bertz CT molecular complexity index is 607.